The first-order valence-electron chi connectivity index (χ1n) is 8.26. The van der Waals surface area contributed by atoms with Gasteiger partial charge in [0.2, 0.25) is 10.0 Å². The van der Waals surface area contributed by atoms with E-state index in [2.05, 4.69) is 22.0 Å². The first-order valence-corrected chi connectivity index (χ1v) is 10.1. The van der Waals surface area contributed by atoms with E-state index >= 15 is 0 Å². The van der Waals surface area contributed by atoms with Crippen LogP contribution >= 0.6 is 0 Å². The van der Waals surface area contributed by atoms with E-state index in [4.69, 9.17) is 0 Å². The molecule has 2 aromatic heterocycles. The van der Waals surface area contributed by atoms with E-state index in [0.29, 0.717) is 13.1 Å². The van der Waals surface area contributed by atoms with Crippen LogP contribution in [0, 0.1) is 5.92 Å². The van der Waals surface area contributed by atoms with E-state index in [-0.39, 0.29) is 5.92 Å². The highest BCUT2D eigenvalue weighted by Gasteiger charge is 2.29. The third-order valence-corrected chi connectivity index (χ3v) is 5.64. The number of hydrogen-bond donors (Lipinski definition) is 0. The summed E-state index contributed by atoms with van der Waals surface area (Å²) < 4.78 is 26.9. The predicted molar refractivity (Wildman–Crippen MR) is 91.8 cm³/mol. The van der Waals surface area contributed by atoms with Crippen molar-refractivity contribution in [1.82, 2.24) is 24.1 Å². The van der Waals surface area contributed by atoms with Crippen LogP contribution in [0.1, 0.15) is 25.5 Å². The monoisotopic (exact) mass is 349 g/mol. The molecule has 1 fully saturated rings. The molecule has 2 aromatic rings. The molecule has 0 aliphatic carbocycles. The zero-order valence-corrected chi connectivity index (χ0v) is 14.9. The summed E-state index contributed by atoms with van der Waals surface area (Å²) in [4.78, 5) is 9.03. The molecule has 1 atom stereocenters. The average Bonchev–Trinajstić information content (AvgIpc) is 3.17. The van der Waals surface area contributed by atoms with Crippen molar-refractivity contribution in [2.75, 3.05) is 19.3 Å². The molecule has 1 saturated heterocycles. The fourth-order valence-electron chi connectivity index (χ4n) is 3.19. The topological polar surface area (TPSA) is 81.0 Å². The second-order valence-electron chi connectivity index (χ2n) is 6.27. The Labute approximate surface area is 142 Å². The van der Waals surface area contributed by atoms with Crippen molar-refractivity contribution in [2.45, 2.75) is 32.7 Å². The fourth-order valence-corrected chi connectivity index (χ4v) is 4.11. The second kappa shape index (κ2) is 6.98. The van der Waals surface area contributed by atoms with Gasteiger partial charge in [-0.3, -0.25) is 14.6 Å². The molecule has 0 unspecified atom stereocenters. The van der Waals surface area contributed by atoms with E-state index in [1.807, 2.05) is 10.7 Å². The Hall–Kier alpha value is -1.80. The zero-order valence-electron chi connectivity index (χ0n) is 14.1. The molecular weight excluding hydrogens is 326 g/mol. The van der Waals surface area contributed by atoms with Gasteiger partial charge in [0.25, 0.3) is 0 Å². The Bertz CT molecular complexity index is 802. The summed E-state index contributed by atoms with van der Waals surface area (Å²) in [6, 6.07) is 1.96. The minimum Gasteiger partial charge on any atom is -0.263 e. The van der Waals surface area contributed by atoms with Crippen molar-refractivity contribution < 1.29 is 8.42 Å². The molecule has 0 radical (unpaired) electrons. The molecule has 0 saturated carbocycles. The van der Waals surface area contributed by atoms with E-state index < -0.39 is 10.0 Å². The van der Waals surface area contributed by atoms with Gasteiger partial charge in [-0.05, 0) is 31.2 Å². The molecule has 0 aromatic carbocycles. The zero-order chi connectivity index (χ0) is 17.2. The van der Waals surface area contributed by atoms with Crippen LogP contribution < -0.4 is 0 Å². The number of hydrogen-bond acceptors (Lipinski definition) is 5. The van der Waals surface area contributed by atoms with Gasteiger partial charge < -0.3 is 0 Å². The second-order valence-corrected chi connectivity index (χ2v) is 8.25. The lowest BCUT2D eigenvalue weighted by Gasteiger charge is -2.14. The largest absolute Gasteiger partial charge is 0.263 e. The molecule has 0 bridgehead atoms. The van der Waals surface area contributed by atoms with Gasteiger partial charge in [-0.15, -0.1) is 0 Å². The van der Waals surface area contributed by atoms with Crippen LogP contribution in [0.2, 0.25) is 0 Å². The third kappa shape index (κ3) is 3.64. The van der Waals surface area contributed by atoms with E-state index in [0.717, 1.165) is 42.9 Å². The molecule has 1 aliphatic heterocycles. The van der Waals surface area contributed by atoms with E-state index in [9.17, 15) is 8.42 Å². The van der Waals surface area contributed by atoms with Crippen molar-refractivity contribution in [3.05, 3.63) is 30.4 Å². The van der Waals surface area contributed by atoms with E-state index in [1.54, 1.807) is 22.9 Å². The maximum atomic E-state index is 11.7. The number of sulfonamides is 1. The summed E-state index contributed by atoms with van der Waals surface area (Å²) in [6.45, 7) is 4.10. The van der Waals surface area contributed by atoms with Crippen LogP contribution in [-0.2, 0) is 23.0 Å². The number of nitrogens with zero attached hydrogens (tertiary/aromatic N) is 5. The normalized spacial score (nSPS) is 19.0. The number of aryl methyl sites for hydroxylation is 1. The molecule has 130 valence electrons. The molecule has 0 N–H and O–H groups in total. The Morgan fingerprint density at radius 2 is 2.04 bits per heavy atom. The lowest BCUT2D eigenvalue weighted by Crippen LogP contribution is -2.27. The lowest BCUT2D eigenvalue weighted by atomic mass is 10.0. The quantitative estimate of drug-likeness (QED) is 0.791. The molecule has 3 rings (SSSR count). The summed E-state index contributed by atoms with van der Waals surface area (Å²) in [5.41, 5.74) is 2.73. The van der Waals surface area contributed by atoms with Crippen molar-refractivity contribution in [3.63, 3.8) is 0 Å². The van der Waals surface area contributed by atoms with Crippen LogP contribution in [0.4, 0.5) is 0 Å². The average molecular weight is 349 g/mol. The van der Waals surface area contributed by atoms with Crippen LogP contribution in [0.25, 0.3) is 11.4 Å². The maximum absolute atomic E-state index is 11.7. The summed E-state index contributed by atoms with van der Waals surface area (Å²) in [7, 11) is -3.11. The standard InChI is InChI=1S/C16H23N5O2S/c1-3-9-21-15(4-6-19-21)16-14(17-7-8-18-16)11-13-5-10-20(12-13)24(2,22)23/h4,6-8,13H,3,5,9-12H2,1-2H3/t13-/m0/s1. The number of rotatable bonds is 6. The minimum atomic E-state index is -3.11. The first kappa shape index (κ1) is 17.0. The van der Waals surface area contributed by atoms with Gasteiger partial charge in [0.15, 0.2) is 0 Å². The highest BCUT2D eigenvalue weighted by molar-refractivity contribution is 7.88. The van der Waals surface area contributed by atoms with Gasteiger partial charge in [-0.2, -0.15) is 5.10 Å². The van der Waals surface area contributed by atoms with Gasteiger partial charge in [-0.25, -0.2) is 12.7 Å². The Morgan fingerprint density at radius 1 is 1.25 bits per heavy atom. The summed E-state index contributed by atoms with van der Waals surface area (Å²) in [5.74, 6) is 0.276. The molecular formula is C16H23N5O2S. The molecule has 24 heavy (non-hydrogen) atoms. The Kier molecular flexibility index (Phi) is 4.96. The summed E-state index contributed by atoms with van der Waals surface area (Å²) in [6.07, 6.45) is 9.03. The van der Waals surface area contributed by atoms with Crippen molar-refractivity contribution in [3.8, 4) is 11.4 Å². The van der Waals surface area contributed by atoms with Gasteiger partial charge in [0.05, 0.1) is 17.6 Å². The van der Waals surface area contributed by atoms with Crippen LogP contribution in [0.3, 0.4) is 0 Å². The summed E-state index contributed by atoms with van der Waals surface area (Å²) in [5, 5.41) is 4.36. The summed E-state index contributed by atoms with van der Waals surface area (Å²) >= 11 is 0. The lowest BCUT2D eigenvalue weighted by molar-refractivity contribution is 0.459. The molecule has 0 spiro atoms. The van der Waals surface area contributed by atoms with Crippen LogP contribution in [0.5, 0.6) is 0 Å². The van der Waals surface area contributed by atoms with Crippen molar-refractivity contribution >= 4 is 10.0 Å². The minimum absolute atomic E-state index is 0.276. The van der Waals surface area contributed by atoms with Crippen molar-refractivity contribution in [1.29, 1.82) is 0 Å². The Morgan fingerprint density at radius 3 is 2.75 bits per heavy atom. The molecule has 8 heteroatoms. The maximum Gasteiger partial charge on any atom is 0.211 e. The van der Waals surface area contributed by atoms with Gasteiger partial charge in [0.1, 0.15) is 5.69 Å². The van der Waals surface area contributed by atoms with Crippen molar-refractivity contribution in [2.24, 2.45) is 5.92 Å². The highest BCUT2D eigenvalue weighted by Crippen LogP contribution is 2.26. The first-order chi connectivity index (χ1) is 11.5. The molecule has 3 heterocycles. The third-order valence-electron chi connectivity index (χ3n) is 4.37. The smallest absolute Gasteiger partial charge is 0.211 e. The van der Waals surface area contributed by atoms with Crippen LogP contribution in [-0.4, -0.2) is 51.8 Å². The number of aromatic nitrogens is 4. The Balaban J connectivity index is 1.82. The van der Waals surface area contributed by atoms with Gasteiger partial charge >= 0.3 is 0 Å². The van der Waals surface area contributed by atoms with Crippen LogP contribution in [0.15, 0.2) is 24.7 Å². The van der Waals surface area contributed by atoms with Gasteiger partial charge in [0, 0.05) is 38.2 Å². The molecule has 0 amide bonds. The van der Waals surface area contributed by atoms with E-state index in [1.165, 1.54) is 6.26 Å². The fraction of sp³-hybridized carbons (Fsp3) is 0.562. The van der Waals surface area contributed by atoms with Gasteiger partial charge in [-0.1, -0.05) is 6.92 Å². The SMILES string of the molecule is CCCn1nccc1-c1nccnc1C[C@@H]1CCN(S(C)(=O)=O)C1. The molecule has 1 aliphatic rings. The predicted octanol–water partition coefficient (Wildman–Crippen LogP) is 1.57. The highest BCUT2D eigenvalue weighted by atomic mass is 32.2. The molecule has 7 nitrogen and oxygen atoms in total.